The van der Waals surface area contributed by atoms with E-state index in [1.165, 1.54) is 0 Å². The Kier molecular flexibility index (Phi) is 19.8. The van der Waals surface area contributed by atoms with Crippen LogP contribution in [0.5, 0.6) is 5.75 Å². The van der Waals surface area contributed by atoms with Crippen LogP contribution in [0, 0.1) is 0 Å². The summed E-state index contributed by atoms with van der Waals surface area (Å²) >= 11 is 0.0461. The van der Waals surface area contributed by atoms with Crippen LogP contribution in [0.4, 0.5) is 0 Å². The van der Waals surface area contributed by atoms with E-state index in [0.717, 1.165) is 61.4 Å². The van der Waals surface area contributed by atoms with Crippen LogP contribution < -0.4 is 26.8 Å². The number of β-lactam (4-membered cyclic amide) rings is 1. The molecule has 0 aliphatic carbocycles. The fourth-order valence-corrected chi connectivity index (χ4v) is 5.65. The summed E-state index contributed by atoms with van der Waals surface area (Å²) < 4.78 is 20.1. The number of nitrogens with zero attached hydrogens (tertiary/aromatic N) is 4. The van der Waals surface area contributed by atoms with Gasteiger partial charge in [0.2, 0.25) is 0 Å². The molecular weight excluding hydrogens is 684 g/mol. The van der Waals surface area contributed by atoms with Gasteiger partial charge in [-0.05, 0) is 97.2 Å². The number of aliphatic hydroxyl groups excluding tert-OH is 1. The van der Waals surface area contributed by atoms with E-state index in [9.17, 15) is 9.59 Å². The highest BCUT2D eigenvalue weighted by Gasteiger charge is 2.57. The number of hydrogen-bond donors (Lipinski definition) is 7. The molecule has 0 aromatic heterocycles. The number of hydroxylamine groups is 2. The molecule has 0 spiro atoms. The molecule has 0 radical (unpaired) electrons. The number of oxime groups is 1. The van der Waals surface area contributed by atoms with Gasteiger partial charge in [0.05, 0.1) is 23.1 Å². The molecule has 0 saturated carbocycles. The van der Waals surface area contributed by atoms with Gasteiger partial charge in [-0.3, -0.25) is 19.4 Å². The van der Waals surface area contributed by atoms with Crippen molar-refractivity contribution in [1.82, 2.24) is 15.7 Å². The lowest BCUT2D eigenvalue weighted by Gasteiger charge is -2.50. The summed E-state index contributed by atoms with van der Waals surface area (Å²) in [6, 6.07) is 5.13. The predicted molar refractivity (Wildman–Crippen MR) is 197 cm³/mol. The number of carbonyl (C=O) groups is 3. The molecule has 2 saturated heterocycles. The van der Waals surface area contributed by atoms with E-state index < -0.39 is 29.5 Å². The van der Waals surface area contributed by atoms with Crippen molar-refractivity contribution < 1.29 is 43.0 Å². The van der Waals surface area contributed by atoms with Crippen LogP contribution in [0.25, 0.3) is 0 Å². The van der Waals surface area contributed by atoms with Gasteiger partial charge in [0.25, 0.3) is 18.3 Å². The standard InChI is InChI=1S/C29H42N8O6S.C2H6.CH2O2.CH4O/c1-6-21(33-17(3)30)24(27(38)35-25-28(39)37(43-44-40)29(25,4)5)36-42-16(2)22-9-7-18-15-19(8-10-23(18)41-22)26(31)34-20-11-13-32-14-12-20;1-2;2-1-3;1-2/h6,8,10,15-16,20,22,25,32,40H,7,9,11-14H2,1-5H3,(H2,30,33)(H2,31,34)(H,35,38);1-2H3;1H,(H,2,3);2H,1H3/b21-6-,36-24-;;;. The zero-order chi connectivity index (χ0) is 38.7. The number of aliphatic hydroxyl groups is 1. The molecule has 9 N–H and O–H groups in total. The zero-order valence-electron chi connectivity index (χ0n) is 30.6. The lowest BCUT2D eigenvalue weighted by atomic mass is 9.84. The second-order valence-corrected chi connectivity index (χ2v) is 11.9. The molecule has 3 unspecified atom stereocenters. The van der Waals surface area contributed by atoms with E-state index in [1.54, 1.807) is 40.7 Å². The monoisotopic (exact) mass is 738 g/mol. The van der Waals surface area contributed by atoms with Gasteiger partial charge < -0.3 is 46.4 Å². The van der Waals surface area contributed by atoms with Crippen LogP contribution in [0.15, 0.2) is 45.1 Å². The third-order valence-corrected chi connectivity index (χ3v) is 8.10. The van der Waals surface area contributed by atoms with Crippen molar-refractivity contribution in [2.24, 2.45) is 26.6 Å². The number of benzene rings is 1. The number of nitrogens with two attached hydrogens (primary N) is 2. The summed E-state index contributed by atoms with van der Waals surface area (Å²) in [4.78, 5) is 49.1. The lowest BCUT2D eigenvalue weighted by molar-refractivity contribution is -0.214. The molecule has 286 valence electrons. The van der Waals surface area contributed by atoms with Crippen LogP contribution in [0.1, 0.15) is 78.9 Å². The Labute approximate surface area is 303 Å². The topological polar surface area (TPSA) is 256 Å². The fourth-order valence-electron chi connectivity index (χ4n) is 5.32. The lowest BCUT2D eigenvalue weighted by Crippen LogP contribution is -2.76. The highest BCUT2D eigenvalue weighted by molar-refractivity contribution is 7.88. The Morgan fingerprint density at radius 2 is 1.84 bits per heavy atom. The van der Waals surface area contributed by atoms with Crippen molar-refractivity contribution in [1.29, 1.82) is 0 Å². The third kappa shape index (κ3) is 12.5. The van der Waals surface area contributed by atoms with Crippen LogP contribution in [-0.2, 0) is 29.9 Å². The van der Waals surface area contributed by atoms with Gasteiger partial charge in [-0.1, -0.05) is 25.1 Å². The number of piperidine rings is 1. The van der Waals surface area contributed by atoms with Gasteiger partial charge in [-0.2, -0.15) is 9.35 Å². The smallest absolute Gasteiger partial charge is 0.290 e. The normalized spacial score (nSPS) is 21.0. The molecule has 2 fully saturated rings. The minimum Gasteiger partial charge on any atom is -0.486 e. The number of amides is 2. The van der Waals surface area contributed by atoms with Crippen LogP contribution >= 0.6 is 12.3 Å². The van der Waals surface area contributed by atoms with Crippen molar-refractivity contribution in [3.05, 3.63) is 41.1 Å². The van der Waals surface area contributed by atoms with Gasteiger partial charge in [0.1, 0.15) is 23.7 Å². The first kappa shape index (κ1) is 44.8. The Bertz CT molecular complexity index is 1410. The second kappa shape index (κ2) is 22.6. The van der Waals surface area contributed by atoms with E-state index in [4.69, 9.17) is 49.9 Å². The Hall–Kier alpha value is -4.23. The van der Waals surface area contributed by atoms with Gasteiger partial charge >= 0.3 is 0 Å². The predicted octanol–water partition coefficient (Wildman–Crippen LogP) is 2.37. The number of amidine groups is 2. The number of aliphatic imine (C=N–C) groups is 2. The van der Waals surface area contributed by atoms with Gasteiger partial charge in [-0.15, -0.1) is 0 Å². The summed E-state index contributed by atoms with van der Waals surface area (Å²) in [6.07, 6.45) is 4.03. The Morgan fingerprint density at radius 1 is 1.22 bits per heavy atom. The number of allylic oxidation sites excluding steroid dienone is 1. The number of fused-ring (bicyclic) bond motifs is 1. The van der Waals surface area contributed by atoms with Gasteiger partial charge in [0, 0.05) is 12.7 Å². The van der Waals surface area contributed by atoms with Crippen molar-refractivity contribution >= 4 is 48.0 Å². The second-order valence-electron chi connectivity index (χ2n) is 11.6. The first-order chi connectivity index (χ1) is 24.4. The van der Waals surface area contributed by atoms with Crippen LogP contribution in [0.2, 0.25) is 0 Å². The summed E-state index contributed by atoms with van der Waals surface area (Å²) in [6.45, 7) is 14.1. The minimum absolute atomic E-state index is 0.0461. The molecule has 4 rings (SSSR count). The maximum Gasteiger partial charge on any atom is 0.290 e. The summed E-state index contributed by atoms with van der Waals surface area (Å²) in [5, 5.41) is 25.0. The van der Waals surface area contributed by atoms with E-state index in [2.05, 4.69) is 20.8 Å². The first-order valence-electron chi connectivity index (χ1n) is 16.6. The zero-order valence-corrected chi connectivity index (χ0v) is 31.4. The molecule has 3 heterocycles. The van der Waals surface area contributed by atoms with Crippen molar-refractivity contribution in [3.8, 4) is 5.75 Å². The fraction of sp³-hybridized carbons (Fsp3) is 0.576. The van der Waals surface area contributed by atoms with Crippen LogP contribution in [0.3, 0.4) is 0 Å². The number of carboxylic acid groups (broad SMARTS) is 1. The molecule has 2 amide bonds. The van der Waals surface area contributed by atoms with E-state index in [-0.39, 0.29) is 48.2 Å². The number of hydrogen-bond acceptors (Lipinski definition) is 13. The largest absolute Gasteiger partial charge is 0.486 e. The highest BCUT2D eigenvalue weighted by Crippen LogP contribution is 2.34. The summed E-state index contributed by atoms with van der Waals surface area (Å²) in [5.74, 6) is 0.251. The van der Waals surface area contributed by atoms with E-state index >= 15 is 0 Å². The molecule has 3 atom stereocenters. The summed E-state index contributed by atoms with van der Waals surface area (Å²) in [7, 11) is 1.00. The van der Waals surface area contributed by atoms with E-state index in [0.29, 0.717) is 12.3 Å². The Morgan fingerprint density at radius 3 is 2.39 bits per heavy atom. The molecule has 0 bridgehead atoms. The number of nitrogens with one attached hydrogen (secondary N) is 2. The van der Waals surface area contributed by atoms with Crippen LogP contribution in [-0.4, -0.2) is 106 Å². The number of aryl methyl sites for hydroxylation is 1. The highest BCUT2D eigenvalue weighted by atomic mass is 32.2. The van der Waals surface area contributed by atoms with Gasteiger partial charge in [-0.25, -0.2) is 4.99 Å². The molecular formula is C33H54N8O9S. The molecule has 3 aliphatic rings. The van der Waals surface area contributed by atoms with Crippen molar-refractivity contribution in [2.75, 3.05) is 20.2 Å². The maximum absolute atomic E-state index is 13.4. The Balaban J connectivity index is 0.00000173. The molecule has 17 nitrogen and oxygen atoms in total. The van der Waals surface area contributed by atoms with Crippen molar-refractivity contribution in [3.63, 3.8) is 0 Å². The molecule has 3 aliphatic heterocycles. The average Bonchev–Trinajstić information content (AvgIpc) is 3.13. The van der Waals surface area contributed by atoms with Crippen molar-refractivity contribution in [2.45, 2.75) is 104 Å². The number of carbonyl (C=O) groups excluding carboxylic acids is 2. The molecule has 1 aromatic carbocycles. The molecule has 18 heteroatoms. The maximum atomic E-state index is 13.4. The average molecular weight is 739 g/mol. The SMILES string of the molecule is C/C=C(N=C(C)N)/C(=N/OC(C)C1CCc2cc(C(N)=NC3CCNCC3)ccc2O1)C(=O)NC1C(=O)N(OSO)C1(C)C.CC.CO.O=CO. The van der Waals surface area contributed by atoms with Gasteiger partial charge in [0.15, 0.2) is 24.1 Å². The van der Waals surface area contributed by atoms with E-state index in [1.807, 2.05) is 32.0 Å². The minimum atomic E-state index is -0.937. The quantitative estimate of drug-likeness (QED) is 0.0430. The third-order valence-electron chi connectivity index (χ3n) is 7.89. The molecule has 51 heavy (non-hydrogen) atoms. The number of rotatable bonds is 11. The summed E-state index contributed by atoms with van der Waals surface area (Å²) in [5.41, 5.74) is 13.1. The number of ether oxygens (including phenoxy) is 1. The molecule has 1 aromatic rings. The first-order valence-corrected chi connectivity index (χ1v) is 17.3.